The molecule has 0 aromatic rings. The number of hydrogen-bond acceptors (Lipinski definition) is 4. The number of nitrogens with zero attached hydrogens (tertiary/aromatic N) is 1. The standard InChI is InChI=1S/C8H13NO5S/c1-15(12,13)14-4-7-5-2-9(8(10)11)3-6(5)7/h5-7H,2-4H2,1H3,(H,10,11)/t5-,6+,7?. The molecular formula is C8H13NO5S. The van der Waals surface area contributed by atoms with Crippen molar-refractivity contribution in [3.63, 3.8) is 0 Å². The predicted molar refractivity (Wildman–Crippen MR) is 50.9 cm³/mol. The maximum absolute atomic E-state index is 10.7. The van der Waals surface area contributed by atoms with Crippen LogP contribution >= 0.6 is 0 Å². The van der Waals surface area contributed by atoms with Crippen molar-refractivity contribution in [2.24, 2.45) is 17.8 Å². The molecule has 2 rings (SSSR count). The number of hydrogen-bond donors (Lipinski definition) is 1. The Labute approximate surface area is 87.9 Å². The van der Waals surface area contributed by atoms with Crippen molar-refractivity contribution in [1.82, 2.24) is 4.90 Å². The van der Waals surface area contributed by atoms with Crippen molar-refractivity contribution in [1.29, 1.82) is 0 Å². The van der Waals surface area contributed by atoms with Gasteiger partial charge in [-0.1, -0.05) is 0 Å². The number of carboxylic acid groups (broad SMARTS) is 1. The minimum atomic E-state index is -3.37. The van der Waals surface area contributed by atoms with Crippen LogP contribution in [-0.4, -0.2) is 50.5 Å². The molecule has 2 fully saturated rings. The molecule has 0 bridgehead atoms. The molecule has 1 unspecified atom stereocenters. The highest BCUT2D eigenvalue weighted by Crippen LogP contribution is 2.51. The van der Waals surface area contributed by atoms with Gasteiger partial charge in [0, 0.05) is 13.1 Å². The highest BCUT2D eigenvalue weighted by atomic mass is 32.2. The van der Waals surface area contributed by atoms with Crippen LogP contribution in [0.4, 0.5) is 4.79 Å². The molecule has 1 saturated heterocycles. The summed E-state index contributed by atoms with van der Waals surface area (Å²) in [5, 5.41) is 8.70. The molecule has 0 aromatic heterocycles. The number of rotatable bonds is 3. The van der Waals surface area contributed by atoms with Crippen LogP contribution in [0, 0.1) is 17.8 Å². The van der Waals surface area contributed by atoms with E-state index in [1.54, 1.807) is 0 Å². The summed E-state index contributed by atoms with van der Waals surface area (Å²) in [6, 6.07) is 0. The molecule has 7 heteroatoms. The van der Waals surface area contributed by atoms with Crippen molar-refractivity contribution in [2.75, 3.05) is 26.0 Å². The third-order valence-corrected chi connectivity index (χ3v) is 3.68. The van der Waals surface area contributed by atoms with Crippen LogP contribution in [-0.2, 0) is 14.3 Å². The zero-order valence-corrected chi connectivity index (χ0v) is 9.11. The molecule has 0 radical (unpaired) electrons. The molecule has 0 spiro atoms. The highest BCUT2D eigenvalue weighted by molar-refractivity contribution is 7.85. The predicted octanol–water partition coefficient (Wildman–Crippen LogP) is -0.182. The lowest BCUT2D eigenvalue weighted by Crippen LogP contribution is -2.30. The molecule has 2 aliphatic rings. The SMILES string of the molecule is CS(=O)(=O)OCC1[C@H]2CN(C(=O)O)C[C@@H]12. The molecule has 1 N–H and O–H groups in total. The first-order chi connectivity index (χ1) is 6.88. The molecule has 1 aliphatic carbocycles. The average molecular weight is 235 g/mol. The molecule has 15 heavy (non-hydrogen) atoms. The quantitative estimate of drug-likeness (QED) is 0.686. The number of piperidine rings is 1. The Morgan fingerprint density at radius 1 is 1.47 bits per heavy atom. The maximum Gasteiger partial charge on any atom is 0.407 e. The second-order valence-corrected chi connectivity index (χ2v) is 5.81. The zero-order chi connectivity index (χ0) is 11.2. The number of carbonyl (C=O) groups is 1. The zero-order valence-electron chi connectivity index (χ0n) is 8.29. The van der Waals surface area contributed by atoms with E-state index in [1.165, 1.54) is 4.90 Å². The lowest BCUT2D eigenvalue weighted by molar-refractivity contribution is 0.145. The Kier molecular flexibility index (Phi) is 2.38. The van der Waals surface area contributed by atoms with E-state index in [0.717, 1.165) is 6.26 Å². The van der Waals surface area contributed by atoms with Crippen LogP contribution in [0.1, 0.15) is 0 Å². The van der Waals surface area contributed by atoms with Gasteiger partial charge in [0.2, 0.25) is 0 Å². The van der Waals surface area contributed by atoms with Gasteiger partial charge in [0.05, 0.1) is 12.9 Å². The van der Waals surface area contributed by atoms with E-state index in [4.69, 9.17) is 9.29 Å². The van der Waals surface area contributed by atoms with Crippen molar-refractivity contribution < 1.29 is 22.5 Å². The lowest BCUT2D eigenvalue weighted by atomic mass is 10.3. The summed E-state index contributed by atoms with van der Waals surface area (Å²) in [6.07, 6.45) is 0.124. The second-order valence-electron chi connectivity index (χ2n) is 4.17. The monoisotopic (exact) mass is 235 g/mol. The summed E-state index contributed by atoms with van der Waals surface area (Å²) in [6.45, 7) is 1.22. The number of fused-ring (bicyclic) bond motifs is 1. The normalized spacial score (nSPS) is 33.9. The minimum absolute atomic E-state index is 0.196. The van der Waals surface area contributed by atoms with E-state index >= 15 is 0 Å². The molecule has 1 saturated carbocycles. The van der Waals surface area contributed by atoms with Gasteiger partial charge in [0.15, 0.2) is 0 Å². The first-order valence-corrected chi connectivity index (χ1v) is 6.52. The molecule has 0 aromatic carbocycles. The number of likely N-dealkylation sites (tertiary alicyclic amines) is 1. The Morgan fingerprint density at radius 3 is 2.40 bits per heavy atom. The van der Waals surface area contributed by atoms with Gasteiger partial charge < -0.3 is 10.0 Å². The van der Waals surface area contributed by atoms with Gasteiger partial charge in [-0.25, -0.2) is 4.79 Å². The van der Waals surface area contributed by atoms with Crippen LogP contribution in [0.3, 0.4) is 0 Å². The summed E-state index contributed by atoms with van der Waals surface area (Å²) >= 11 is 0. The van der Waals surface area contributed by atoms with Gasteiger partial charge >= 0.3 is 6.09 Å². The Balaban J connectivity index is 1.78. The fourth-order valence-corrected chi connectivity index (χ4v) is 2.66. The number of amides is 1. The van der Waals surface area contributed by atoms with Crippen molar-refractivity contribution in [3.8, 4) is 0 Å². The summed E-state index contributed by atoms with van der Waals surface area (Å²) < 4.78 is 26.1. The third-order valence-electron chi connectivity index (χ3n) is 3.12. The van der Waals surface area contributed by atoms with Gasteiger partial charge in [0.25, 0.3) is 10.1 Å². The van der Waals surface area contributed by atoms with E-state index in [9.17, 15) is 13.2 Å². The van der Waals surface area contributed by atoms with Gasteiger partial charge in [0.1, 0.15) is 0 Å². The van der Waals surface area contributed by atoms with Crippen LogP contribution in [0.25, 0.3) is 0 Å². The summed E-state index contributed by atoms with van der Waals surface area (Å²) in [5.41, 5.74) is 0. The fourth-order valence-electron chi connectivity index (χ4n) is 2.25. The summed E-state index contributed by atoms with van der Waals surface area (Å²) in [4.78, 5) is 12.0. The molecular weight excluding hydrogens is 222 g/mol. The van der Waals surface area contributed by atoms with Crippen LogP contribution in [0.5, 0.6) is 0 Å². The van der Waals surface area contributed by atoms with E-state index in [1.807, 2.05) is 0 Å². The average Bonchev–Trinajstić information content (AvgIpc) is 2.55. The van der Waals surface area contributed by atoms with E-state index in [2.05, 4.69) is 0 Å². The van der Waals surface area contributed by atoms with Gasteiger partial charge in [-0.3, -0.25) is 4.18 Å². The Morgan fingerprint density at radius 2 is 2.00 bits per heavy atom. The smallest absolute Gasteiger partial charge is 0.407 e. The van der Waals surface area contributed by atoms with Gasteiger partial charge in [-0.15, -0.1) is 0 Å². The first-order valence-electron chi connectivity index (χ1n) is 4.71. The molecule has 86 valence electrons. The Bertz CT molecular complexity index is 366. The second kappa shape index (κ2) is 3.34. The van der Waals surface area contributed by atoms with E-state index in [0.29, 0.717) is 24.9 Å². The Hall–Kier alpha value is -0.820. The van der Waals surface area contributed by atoms with Gasteiger partial charge in [-0.05, 0) is 17.8 Å². The molecule has 1 amide bonds. The first kappa shape index (κ1) is 10.7. The van der Waals surface area contributed by atoms with Crippen molar-refractivity contribution >= 4 is 16.2 Å². The largest absolute Gasteiger partial charge is 0.465 e. The van der Waals surface area contributed by atoms with Gasteiger partial charge in [-0.2, -0.15) is 8.42 Å². The van der Waals surface area contributed by atoms with Crippen molar-refractivity contribution in [3.05, 3.63) is 0 Å². The third kappa shape index (κ3) is 2.23. The van der Waals surface area contributed by atoms with Crippen LogP contribution < -0.4 is 0 Å². The molecule has 6 nitrogen and oxygen atoms in total. The van der Waals surface area contributed by atoms with Crippen LogP contribution in [0.2, 0.25) is 0 Å². The highest BCUT2D eigenvalue weighted by Gasteiger charge is 2.56. The van der Waals surface area contributed by atoms with E-state index < -0.39 is 16.2 Å². The maximum atomic E-state index is 10.7. The molecule has 1 aliphatic heterocycles. The van der Waals surface area contributed by atoms with E-state index in [-0.39, 0.29) is 12.5 Å². The molecule has 1 heterocycles. The molecule has 3 atom stereocenters. The lowest BCUT2D eigenvalue weighted by Gasteiger charge is -2.15. The summed E-state index contributed by atoms with van der Waals surface area (Å²) in [5.74, 6) is 0.807. The topological polar surface area (TPSA) is 83.9 Å². The fraction of sp³-hybridized carbons (Fsp3) is 0.875. The van der Waals surface area contributed by atoms with Crippen LogP contribution in [0.15, 0.2) is 0 Å². The minimum Gasteiger partial charge on any atom is -0.465 e. The van der Waals surface area contributed by atoms with Crippen molar-refractivity contribution in [2.45, 2.75) is 0 Å². The summed E-state index contributed by atoms with van der Waals surface area (Å²) in [7, 11) is -3.37.